The van der Waals surface area contributed by atoms with Gasteiger partial charge in [-0.15, -0.1) is 0 Å². The molecule has 0 aromatic heterocycles. The number of alkyl halides is 2. The molecule has 116 valence electrons. The van der Waals surface area contributed by atoms with Crippen molar-refractivity contribution in [1.82, 2.24) is 0 Å². The first-order valence-corrected chi connectivity index (χ1v) is 6.76. The molecule has 0 bridgehead atoms. The molecule has 21 heavy (non-hydrogen) atoms. The maximum absolute atomic E-state index is 12.0. The molecule has 0 saturated carbocycles. The highest BCUT2D eigenvalue weighted by atomic mass is 19.3. The van der Waals surface area contributed by atoms with E-state index in [0.29, 0.717) is 12.2 Å². The van der Waals surface area contributed by atoms with E-state index in [-0.39, 0.29) is 24.4 Å². The molecule has 4 nitrogen and oxygen atoms in total. The van der Waals surface area contributed by atoms with Crippen molar-refractivity contribution in [3.63, 3.8) is 0 Å². The van der Waals surface area contributed by atoms with Crippen LogP contribution in [0.25, 0.3) is 0 Å². The molecule has 0 aliphatic heterocycles. The van der Waals surface area contributed by atoms with E-state index in [4.69, 9.17) is 4.74 Å². The minimum atomic E-state index is -2.90. The van der Waals surface area contributed by atoms with Crippen LogP contribution in [-0.2, 0) is 9.53 Å². The van der Waals surface area contributed by atoms with Gasteiger partial charge in [0.25, 0.3) is 0 Å². The molecule has 6 heteroatoms. The van der Waals surface area contributed by atoms with Gasteiger partial charge in [-0.3, -0.25) is 9.59 Å². The van der Waals surface area contributed by atoms with Crippen molar-refractivity contribution in [3.8, 4) is 5.75 Å². The van der Waals surface area contributed by atoms with Crippen LogP contribution in [0, 0.1) is 0 Å². The van der Waals surface area contributed by atoms with Gasteiger partial charge in [0, 0.05) is 12.0 Å². The lowest BCUT2D eigenvalue weighted by Gasteiger charge is -2.06. The predicted molar refractivity (Wildman–Crippen MR) is 72.5 cm³/mol. The average Bonchev–Trinajstić information content (AvgIpc) is 2.45. The quantitative estimate of drug-likeness (QED) is 0.397. The Morgan fingerprint density at radius 2 is 1.81 bits per heavy atom. The molecule has 0 spiro atoms. The van der Waals surface area contributed by atoms with E-state index in [0.717, 1.165) is 12.8 Å². The summed E-state index contributed by atoms with van der Waals surface area (Å²) in [6, 6.07) is 5.36. The number of unbranched alkanes of at least 4 members (excludes halogenated alkanes) is 1. The summed E-state index contributed by atoms with van der Waals surface area (Å²) in [7, 11) is 0. The van der Waals surface area contributed by atoms with Crippen LogP contribution in [0.2, 0.25) is 0 Å². The highest BCUT2D eigenvalue weighted by Gasteiger charge is 2.11. The lowest BCUT2D eigenvalue weighted by Crippen LogP contribution is -2.09. The fraction of sp³-hybridized carbons (Fsp3) is 0.467. The summed E-state index contributed by atoms with van der Waals surface area (Å²) in [6.45, 7) is -0.549. The minimum Gasteiger partial charge on any atom is -0.466 e. The summed E-state index contributed by atoms with van der Waals surface area (Å²) in [5.41, 5.74) is 0.345. The molecule has 0 fully saturated rings. The van der Waals surface area contributed by atoms with Crippen molar-refractivity contribution in [1.29, 1.82) is 0 Å². The monoisotopic (exact) mass is 300 g/mol. The molecule has 0 saturated heterocycles. The van der Waals surface area contributed by atoms with E-state index in [1.165, 1.54) is 24.3 Å². The summed E-state index contributed by atoms with van der Waals surface area (Å²) in [6.07, 6.45) is 1.77. The zero-order valence-corrected chi connectivity index (χ0v) is 11.8. The Morgan fingerprint density at radius 1 is 1.14 bits per heavy atom. The van der Waals surface area contributed by atoms with Crippen molar-refractivity contribution in [2.45, 2.75) is 39.2 Å². The molecule has 1 aromatic carbocycles. The van der Waals surface area contributed by atoms with Crippen LogP contribution in [0.3, 0.4) is 0 Å². The summed E-state index contributed by atoms with van der Waals surface area (Å²) in [5.74, 6) is -0.666. The van der Waals surface area contributed by atoms with Crippen LogP contribution < -0.4 is 4.74 Å². The standard InChI is InChI=1S/C15H18F2O4/c1-2-3-10-20-14(19)9-8-13(18)11-4-6-12(7-5-11)21-15(16)17/h4-7,15H,2-3,8-10H2,1H3. The number of benzene rings is 1. The number of halogens is 2. The van der Waals surface area contributed by atoms with E-state index in [9.17, 15) is 18.4 Å². The number of carbonyl (C=O) groups is 2. The summed E-state index contributed by atoms with van der Waals surface area (Å²) in [5, 5.41) is 0. The smallest absolute Gasteiger partial charge is 0.387 e. The van der Waals surface area contributed by atoms with Crippen LogP contribution in [-0.4, -0.2) is 25.0 Å². The number of hydrogen-bond acceptors (Lipinski definition) is 4. The zero-order valence-electron chi connectivity index (χ0n) is 11.8. The van der Waals surface area contributed by atoms with Gasteiger partial charge in [0.15, 0.2) is 5.78 Å². The predicted octanol–water partition coefficient (Wildman–Crippen LogP) is 3.59. The van der Waals surface area contributed by atoms with Gasteiger partial charge in [0.2, 0.25) is 0 Å². The highest BCUT2D eigenvalue weighted by Crippen LogP contribution is 2.16. The molecule has 0 amide bonds. The Labute approximate surface area is 122 Å². The Hall–Kier alpha value is -1.98. The van der Waals surface area contributed by atoms with Crippen molar-refractivity contribution in [2.75, 3.05) is 6.61 Å². The SMILES string of the molecule is CCCCOC(=O)CCC(=O)c1ccc(OC(F)F)cc1. The Morgan fingerprint density at radius 3 is 2.38 bits per heavy atom. The van der Waals surface area contributed by atoms with Gasteiger partial charge in [-0.05, 0) is 30.7 Å². The summed E-state index contributed by atoms with van der Waals surface area (Å²) >= 11 is 0. The minimum absolute atomic E-state index is 0.0117. The van der Waals surface area contributed by atoms with Crippen molar-refractivity contribution in [2.24, 2.45) is 0 Å². The van der Waals surface area contributed by atoms with Crippen LogP contribution in [0.15, 0.2) is 24.3 Å². The molecule has 0 aliphatic rings. The molecule has 0 atom stereocenters. The topological polar surface area (TPSA) is 52.6 Å². The first-order chi connectivity index (χ1) is 10.0. The van der Waals surface area contributed by atoms with Crippen LogP contribution in [0.4, 0.5) is 8.78 Å². The third-order valence-electron chi connectivity index (χ3n) is 2.72. The van der Waals surface area contributed by atoms with Gasteiger partial charge in [0.1, 0.15) is 5.75 Å². The molecule has 1 rings (SSSR count). The third-order valence-corrected chi connectivity index (χ3v) is 2.72. The fourth-order valence-electron chi connectivity index (χ4n) is 1.58. The molecular weight excluding hydrogens is 282 g/mol. The van der Waals surface area contributed by atoms with Crippen LogP contribution >= 0.6 is 0 Å². The van der Waals surface area contributed by atoms with Crippen LogP contribution in [0.5, 0.6) is 5.75 Å². The summed E-state index contributed by atoms with van der Waals surface area (Å²) in [4.78, 5) is 23.2. The Kier molecular flexibility index (Phi) is 7.36. The normalized spacial score (nSPS) is 10.5. The van der Waals surface area contributed by atoms with Crippen LogP contribution in [0.1, 0.15) is 43.0 Å². The van der Waals surface area contributed by atoms with E-state index < -0.39 is 12.6 Å². The van der Waals surface area contributed by atoms with Crippen molar-refractivity contribution < 1.29 is 27.8 Å². The van der Waals surface area contributed by atoms with Gasteiger partial charge >= 0.3 is 12.6 Å². The molecule has 0 aliphatic carbocycles. The van der Waals surface area contributed by atoms with Gasteiger partial charge in [0.05, 0.1) is 13.0 Å². The molecular formula is C15H18F2O4. The lowest BCUT2D eigenvalue weighted by molar-refractivity contribution is -0.143. The van der Waals surface area contributed by atoms with Crippen molar-refractivity contribution in [3.05, 3.63) is 29.8 Å². The molecule has 0 unspecified atom stereocenters. The van der Waals surface area contributed by atoms with Gasteiger partial charge in [-0.2, -0.15) is 8.78 Å². The van der Waals surface area contributed by atoms with E-state index in [1.807, 2.05) is 6.92 Å². The number of ether oxygens (including phenoxy) is 2. The Balaban J connectivity index is 2.39. The second-order valence-electron chi connectivity index (χ2n) is 4.40. The van der Waals surface area contributed by atoms with Gasteiger partial charge in [-0.1, -0.05) is 13.3 Å². The highest BCUT2D eigenvalue weighted by molar-refractivity contribution is 5.97. The fourth-order valence-corrected chi connectivity index (χ4v) is 1.58. The average molecular weight is 300 g/mol. The maximum atomic E-state index is 12.0. The molecule has 0 N–H and O–H groups in total. The zero-order chi connectivity index (χ0) is 15.7. The number of rotatable bonds is 9. The van der Waals surface area contributed by atoms with Crippen molar-refractivity contribution >= 4 is 11.8 Å². The first-order valence-electron chi connectivity index (χ1n) is 6.76. The number of ketones is 1. The Bertz CT molecular complexity index is 457. The maximum Gasteiger partial charge on any atom is 0.387 e. The largest absolute Gasteiger partial charge is 0.466 e. The number of Topliss-reactive ketones (excluding diaryl/α,β-unsaturated/α-hetero) is 1. The number of hydrogen-bond donors (Lipinski definition) is 0. The summed E-state index contributed by atoms with van der Waals surface area (Å²) < 4.78 is 33.1. The van der Waals surface area contributed by atoms with Gasteiger partial charge < -0.3 is 9.47 Å². The first kappa shape index (κ1) is 17.1. The molecule has 0 radical (unpaired) electrons. The molecule has 0 heterocycles. The number of carbonyl (C=O) groups excluding carboxylic acids is 2. The lowest BCUT2D eigenvalue weighted by atomic mass is 10.1. The van der Waals surface area contributed by atoms with E-state index in [1.54, 1.807) is 0 Å². The number of esters is 1. The third kappa shape index (κ3) is 6.83. The van der Waals surface area contributed by atoms with Gasteiger partial charge in [-0.25, -0.2) is 0 Å². The van der Waals surface area contributed by atoms with E-state index in [2.05, 4.69) is 4.74 Å². The molecule has 1 aromatic rings. The van der Waals surface area contributed by atoms with E-state index >= 15 is 0 Å². The second kappa shape index (κ2) is 9.05. The second-order valence-corrected chi connectivity index (χ2v) is 4.40.